The van der Waals surface area contributed by atoms with Crippen LogP contribution in [0.1, 0.15) is 32.3 Å². The molecule has 0 spiro atoms. The second kappa shape index (κ2) is 5.43. The molecule has 0 aromatic heterocycles. The first-order chi connectivity index (χ1) is 8.69. The predicted molar refractivity (Wildman–Crippen MR) is 79.9 cm³/mol. The van der Waals surface area contributed by atoms with E-state index in [-0.39, 0.29) is 5.31 Å². The molecule has 2 rings (SSSR count). The standard InChI is InChI=1S/C17H19B/c1-3-17(18,4-2)16-12-10-15(11-13-16)14-8-6-5-7-9-14/h5-13H,3-4H2,1-2H3. The average molecular weight is 234 g/mol. The van der Waals surface area contributed by atoms with E-state index in [1.165, 1.54) is 16.7 Å². The van der Waals surface area contributed by atoms with Crippen LogP contribution in [0.2, 0.25) is 0 Å². The Hall–Kier alpha value is -1.50. The first-order valence-electron chi connectivity index (χ1n) is 6.64. The second-order valence-corrected chi connectivity index (χ2v) is 4.81. The van der Waals surface area contributed by atoms with E-state index in [2.05, 4.69) is 62.4 Å². The van der Waals surface area contributed by atoms with Crippen LogP contribution in [0.4, 0.5) is 0 Å². The van der Waals surface area contributed by atoms with E-state index in [4.69, 9.17) is 7.85 Å². The zero-order chi connectivity index (χ0) is 13.0. The molecule has 90 valence electrons. The van der Waals surface area contributed by atoms with Crippen LogP contribution in [0.15, 0.2) is 54.6 Å². The summed E-state index contributed by atoms with van der Waals surface area (Å²) in [6.45, 7) is 4.29. The molecule has 18 heavy (non-hydrogen) atoms. The molecular weight excluding hydrogens is 215 g/mol. The molecule has 0 N–H and O–H groups in total. The Labute approximate surface area is 111 Å². The van der Waals surface area contributed by atoms with Gasteiger partial charge < -0.3 is 0 Å². The quantitative estimate of drug-likeness (QED) is 0.681. The smallest absolute Gasteiger partial charge is 0.0653 e. The molecule has 0 aliphatic carbocycles. The topological polar surface area (TPSA) is 0 Å². The van der Waals surface area contributed by atoms with Gasteiger partial charge in [0.2, 0.25) is 0 Å². The van der Waals surface area contributed by atoms with Crippen molar-refractivity contribution < 1.29 is 0 Å². The SMILES string of the molecule is [B]C(CC)(CC)c1ccc(-c2ccccc2)cc1. The molecule has 0 saturated heterocycles. The Bertz CT molecular complexity index is 481. The molecule has 0 heterocycles. The summed E-state index contributed by atoms with van der Waals surface area (Å²) in [7, 11) is 6.41. The lowest BCUT2D eigenvalue weighted by Crippen LogP contribution is -2.24. The Kier molecular flexibility index (Phi) is 3.91. The van der Waals surface area contributed by atoms with Gasteiger partial charge in [0, 0.05) is 0 Å². The van der Waals surface area contributed by atoms with E-state index >= 15 is 0 Å². The molecule has 0 atom stereocenters. The zero-order valence-electron chi connectivity index (χ0n) is 11.2. The third-order valence-corrected chi connectivity index (χ3v) is 3.83. The van der Waals surface area contributed by atoms with Gasteiger partial charge in [0.1, 0.15) is 0 Å². The molecule has 1 heteroatoms. The fourth-order valence-corrected chi connectivity index (χ4v) is 2.28. The van der Waals surface area contributed by atoms with E-state index in [1.54, 1.807) is 0 Å². The summed E-state index contributed by atoms with van der Waals surface area (Å²) in [6, 6.07) is 19.1. The van der Waals surface area contributed by atoms with Crippen molar-refractivity contribution in [3.8, 4) is 11.1 Å². The van der Waals surface area contributed by atoms with Gasteiger partial charge in [-0.2, -0.15) is 0 Å². The molecule has 0 fully saturated rings. The van der Waals surface area contributed by atoms with Crippen LogP contribution in [0.25, 0.3) is 11.1 Å². The van der Waals surface area contributed by atoms with E-state index in [1.807, 2.05) is 6.07 Å². The van der Waals surface area contributed by atoms with Gasteiger partial charge in [-0.25, -0.2) is 0 Å². The Morgan fingerprint density at radius 1 is 0.778 bits per heavy atom. The Morgan fingerprint density at radius 2 is 1.28 bits per heavy atom. The van der Waals surface area contributed by atoms with Gasteiger partial charge in [0.05, 0.1) is 7.85 Å². The lowest BCUT2D eigenvalue weighted by Gasteiger charge is -2.28. The van der Waals surface area contributed by atoms with Crippen LogP contribution in [-0.4, -0.2) is 7.85 Å². The molecule has 0 aliphatic heterocycles. The van der Waals surface area contributed by atoms with E-state index in [9.17, 15) is 0 Å². The number of hydrogen-bond donors (Lipinski definition) is 0. The monoisotopic (exact) mass is 234 g/mol. The molecule has 2 radical (unpaired) electrons. The molecule has 2 aromatic rings. The van der Waals surface area contributed by atoms with Gasteiger partial charge >= 0.3 is 0 Å². The first-order valence-corrected chi connectivity index (χ1v) is 6.64. The third-order valence-electron chi connectivity index (χ3n) is 3.83. The van der Waals surface area contributed by atoms with Crippen molar-refractivity contribution >= 4 is 7.85 Å². The molecule has 0 nitrogen and oxygen atoms in total. The molecule has 2 aromatic carbocycles. The van der Waals surface area contributed by atoms with Crippen molar-refractivity contribution in [2.45, 2.75) is 32.0 Å². The van der Waals surface area contributed by atoms with E-state index < -0.39 is 0 Å². The van der Waals surface area contributed by atoms with Gasteiger partial charge in [-0.15, -0.1) is 0 Å². The highest BCUT2D eigenvalue weighted by Gasteiger charge is 2.21. The van der Waals surface area contributed by atoms with Crippen molar-refractivity contribution in [2.24, 2.45) is 0 Å². The minimum absolute atomic E-state index is 0.185. The summed E-state index contributed by atoms with van der Waals surface area (Å²) in [6.07, 6.45) is 1.93. The van der Waals surface area contributed by atoms with Gasteiger partial charge in [0.15, 0.2) is 0 Å². The van der Waals surface area contributed by atoms with Gasteiger partial charge in [-0.1, -0.05) is 86.8 Å². The Balaban J connectivity index is 2.31. The van der Waals surface area contributed by atoms with Crippen molar-refractivity contribution in [3.63, 3.8) is 0 Å². The average Bonchev–Trinajstić information content (AvgIpc) is 2.47. The van der Waals surface area contributed by atoms with Crippen molar-refractivity contribution in [1.82, 2.24) is 0 Å². The van der Waals surface area contributed by atoms with Crippen LogP contribution in [0, 0.1) is 0 Å². The highest BCUT2D eigenvalue weighted by atomic mass is 14.2. The van der Waals surface area contributed by atoms with Crippen molar-refractivity contribution in [3.05, 3.63) is 60.2 Å². The number of benzene rings is 2. The Morgan fingerprint density at radius 3 is 1.78 bits per heavy atom. The largest absolute Gasteiger partial charge is 0.0810 e. The van der Waals surface area contributed by atoms with Gasteiger partial charge in [0.25, 0.3) is 0 Å². The van der Waals surface area contributed by atoms with Crippen LogP contribution in [0.5, 0.6) is 0 Å². The lowest BCUT2D eigenvalue weighted by molar-refractivity contribution is 0.565. The zero-order valence-corrected chi connectivity index (χ0v) is 11.2. The molecule has 0 bridgehead atoms. The second-order valence-electron chi connectivity index (χ2n) is 4.81. The fourth-order valence-electron chi connectivity index (χ4n) is 2.28. The van der Waals surface area contributed by atoms with Crippen LogP contribution in [0.3, 0.4) is 0 Å². The maximum absolute atomic E-state index is 6.41. The van der Waals surface area contributed by atoms with Gasteiger partial charge in [-0.05, 0) is 16.4 Å². The first kappa shape index (κ1) is 12.9. The van der Waals surface area contributed by atoms with Crippen LogP contribution in [-0.2, 0) is 5.31 Å². The van der Waals surface area contributed by atoms with Crippen LogP contribution < -0.4 is 0 Å². The van der Waals surface area contributed by atoms with E-state index in [0.29, 0.717) is 0 Å². The molecule has 0 saturated carbocycles. The normalized spacial score (nSPS) is 11.4. The predicted octanol–water partition coefficient (Wildman–Crippen LogP) is 4.54. The van der Waals surface area contributed by atoms with Crippen LogP contribution >= 0.6 is 0 Å². The lowest BCUT2D eigenvalue weighted by atomic mass is 9.61. The molecule has 0 amide bonds. The summed E-state index contributed by atoms with van der Waals surface area (Å²) in [5, 5.41) is -0.185. The highest BCUT2D eigenvalue weighted by Crippen LogP contribution is 2.29. The highest BCUT2D eigenvalue weighted by molar-refractivity contribution is 6.15. The molecule has 0 aliphatic rings. The van der Waals surface area contributed by atoms with Gasteiger partial charge in [-0.3, -0.25) is 0 Å². The summed E-state index contributed by atoms with van der Waals surface area (Å²) in [4.78, 5) is 0. The fraction of sp³-hybridized carbons (Fsp3) is 0.294. The maximum Gasteiger partial charge on any atom is 0.0810 e. The summed E-state index contributed by atoms with van der Waals surface area (Å²) in [5.41, 5.74) is 3.72. The third kappa shape index (κ3) is 2.50. The van der Waals surface area contributed by atoms with E-state index in [0.717, 1.165) is 12.8 Å². The number of rotatable bonds is 4. The minimum atomic E-state index is -0.185. The number of hydrogen-bond acceptors (Lipinski definition) is 0. The minimum Gasteiger partial charge on any atom is -0.0653 e. The van der Waals surface area contributed by atoms with Crippen molar-refractivity contribution in [2.75, 3.05) is 0 Å². The summed E-state index contributed by atoms with van der Waals surface area (Å²) < 4.78 is 0. The molecule has 0 unspecified atom stereocenters. The van der Waals surface area contributed by atoms with Crippen molar-refractivity contribution in [1.29, 1.82) is 0 Å². The maximum atomic E-state index is 6.41. The molecular formula is C17H19B. The summed E-state index contributed by atoms with van der Waals surface area (Å²) >= 11 is 0. The summed E-state index contributed by atoms with van der Waals surface area (Å²) in [5.74, 6) is 0.